The first-order chi connectivity index (χ1) is 14.0. The highest BCUT2D eigenvalue weighted by atomic mass is 35.5. The second-order valence-corrected chi connectivity index (χ2v) is 8.85. The van der Waals surface area contributed by atoms with E-state index in [0.717, 1.165) is 40.3 Å². The van der Waals surface area contributed by atoms with E-state index in [-0.39, 0.29) is 5.91 Å². The molecule has 1 heterocycles. The van der Waals surface area contributed by atoms with Crippen molar-refractivity contribution in [2.75, 3.05) is 6.54 Å². The molecule has 1 saturated carbocycles. The minimum Gasteiger partial charge on any atom is -0.331 e. The van der Waals surface area contributed by atoms with Gasteiger partial charge in [-0.15, -0.1) is 0 Å². The number of carbonyl (C=O) groups is 1. The lowest BCUT2D eigenvalue weighted by Gasteiger charge is -2.26. The van der Waals surface area contributed by atoms with Gasteiger partial charge >= 0.3 is 0 Å². The molecule has 152 valence electrons. The van der Waals surface area contributed by atoms with Gasteiger partial charge < -0.3 is 9.47 Å². The zero-order valence-corrected chi connectivity index (χ0v) is 17.9. The first-order valence-electron chi connectivity index (χ1n) is 10.5. The third-order valence-electron chi connectivity index (χ3n) is 5.64. The minimum absolute atomic E-state index is 0.0577. The van der Waals surface area contributed by atoms with E-state index in [2.05, 4.69) is 18.4 Å². The summed E-state index contributed by atoms with van der Waals surface area (Å²) >= 11 is 6.31. The molecule has 1 aromatic heterocycles. The summed E-state index contributed by atoms with van der Waals surface area (Å²) < 4.78 is 2.35. The highest BCUT2D eigenvalue weighted by Crippen LogP contribution is 2.35. The largest absolute Gasteiger partial charge is 0.331 e. The second-order valence-electron chi connectivity index (χ2n) is 8.41. The first-order valence-corrected chi connectivity index (χ1v) is 10.9. The van der Waals surface area contributed by atoms with E-state index in [1.165, 1.54) is 12.8 Å². The van der Waals surface area contributed by atoms with Crippen molar-refractivity contribution in [3.8, 4) is 0 Å². The van der Waals surface area contributed by atoms with Crippen molar-refractivity contribution in [3.05, 3.63) is 64.9 Å². The summed E-state index contributed by atoms with van der Waals surface area (Å²) in [5.74, 6) is 1.39. The molecule has 5 heteroatoms. The molecule has 2 aromatic carbocycles. The Morgan fingerprint density at radius 1 is 1.17 bits per heavy atom. The zero-order chi connectivity index (χ0) is 20.4. The average Bonchev–Trinajstić information content (AvgIpc) is 3.34. The molecule has 4 rings (SSSR count). The van der Waals surface area contributed by atoms with Crippen LogP contribution in [-0.2, 0) is 6.54 Å². The molecule has 0 aliphatic heterocycles. The standard InChI is InChI=1S/C24H28ClN3O/c1-17(2)15-27(24(29)18-8-4-3-5-9-18)16-23-26-21-13-12-19(25)14-22(21)28(23)20-10-6-7-11-20/h3-5,8-9,12-14,17,20H,6-7,10-11,15-16H2,1-2H3. The lowest BCUT2D eigenvalue weighted by atomic mass is 10.1. The molecular formula is C24H28ClN3O. The van der Waals surface area contributed by atoms with E-state index < -0.39 is 0 Å². The van der Waals surface area contributed by atoms with Crippen molar-refractivity contribution in [3.63, 3.8) is 0 Å². The lowest BCUT2D eigenvalue weighted by molar-refractivity contribution is 0.0715. The number of hydrogen-bond donors (Lipinski definition) is 0. The quantitative estimate of drug-likeness (QED) is 0.493. The highest BCUT2D eigenvalue weighted by Gasteiger charge is 2.26. The van der Waals surface area contributed by atoms with Crippen LogP contribution in [0, 0.1) is 5.92 Å². The fourth-order valence-corrected chi connectivity index (χ4v) is 4.56. The normalized spacial score (nSPS) is 14.8. The fourth-order valence-electron chi connectivity index (χ4n) is 4.39. The van der Waals surface area contributed by atoms with Gasteiger partial charge in [-0.1, -0.05) is 56.5 Å². The molecule has 4 nitrogen and oxygen atoms in total. The number of carbonyl (C=O) groups excluding carboxylic acids is 1. The number of rotatable bonds is 6. The van der Waals surface area contributed by atoms with E-state index in [0.29, 0.717) is 25.0 Å². The summed E-state index contributed by atoms with van der Waals surface area (Å²) in [7, 11) is 0. The molecule has 0 unspecified atom stereocenters. The summed E-state index contributed by atoms with van der Waals surface area (Å²) in [4.78, 5) is 20.1. The van der Waals surface area contributed by atoms with Gasteiger partial charge in [-0.25, -0.2) is 4.98 Å². The summed E-state index contributed by atoms with van der Waals surface area (Å²) in [6.45, 7) is 5.49. The van der Waals surface area contributed by atoms with Crippen molar-refractivity contribution in [2.24, 2.45) is 5.92 Å². The molecule has 3 aromatic rings. The molecule has 1 aliphatic rings. The van der Waals surface area contributed by atoms with Crippen molar-refractivity contribution in [1.29, 1.82) is 0 Å². The van der Waals surface area contributed by atoms with Gasteiger partial charge in [0.15, 0.2) is 0 Å². The molecule has 0 saturated heterocycles. The fraction of sp³-hybridized carbons (Fsp3) is 0.417. The van der Waals surface area contributed by atoms with Gasteiger partial charge in [-0.3, -0.25) is 4.79 Å². The van der Waals surface area contributed by atoms with E-state index in [9.17, 15) is 4.79 Å². The Labute approximate surface area is 177 Å². The van der Waals surface area contributed by atoms with Crippen LogP contribution in [0.2, 0.25) is 5.02 Å². The number of fused-ring (bicyclic) bond motifs is 1. The van der Waals surface area contributed by atoms with E-state index in [1.807, 2.05) is 53.4 Å². The Balaban J connectivity index is 1.73. The Kier molecular flexibility index (Phi) is 5.91. The van der Waals surface area contributed by atoms with Gasteiger partial charge in [-0.05, 0) is 49.1 Å². The predicted molar refractivity (Wildman–Crippen MR) is 118 cm³/mol. The van der Waals surface area contributed by atoms with Gasteiger partial charge in [0, 0.05) is 23.2 Å². The van der Waals surface area contributed by atoms with Crippen LogP contribution < -0.4 is 0 Å². The van der Waals surface area contributed by atoms with Gasteiger partial charge in [0.1, 0.15) is 5.82 Å². The number of benzene rings is 2. The summed E-state index contributed by atoms with van der Waals surface area (Å²) in [5, 5.41) is 0.725. The van der Waals surface area contributed by atoms with Crippen LogP contribution in [0.4, 0.5) is 0 Å². The highest BCUT2D eigenvalue weighted by molar-refractivity contribution is 6.31. The summed E-state index contributed by atoms with van der Waals surface area (Å²) in [5.41, 5.74) is 2.75. The van der Waals surface area contributed by atoms with Crippen molar-refractivity contribution >= 4 is 28.5 Å². The third-order valence-corrected chi connectivity index (χ3v) is 5.88. The van der Waals surface area contributed by atoms with Crippen LogP contribution in [0.1, 0.15) is 61.8 Å². The number of amides is 1. The maximum absolute atomic E-state index is 13.3. The molecule has 0 bridgehead atoms. The number of nitrogens with zero attached hydrogens (tertiary/aromatic N) is 3. The van der Waals surface area contributed by atoms with Crippen LogP contribution in [0.5, 0.6) is 0 Å². The van der Waals surface area contributed by atoms with E-state index in [4.69, 9.17) is 16.6 Å². The van der Waals surface area contributed by atoms with Crippen LogP contribution >= 0.6 is 11.6 Å². The summed E-state index contributed by atoms with van der Waals surface area (Å²) in [6, 6.07) is 15.8. The Bertz CT molecular complexity index is 990. The van der Waals surface area contributed by atoms with Crippen molar-refractivity contribution in [2.45, 2.75) is 52.1 Å². The van der Waals surface area contributed by atoms with Gasteiger partial charge in [-0.2, -0.15) is 0 Å². The Hall–Kier alpha value is -2.33. The third kappa shape index (κ3) is 4.32. The molecular weight excluding hydrogens is 382 g/mol. The molecule has 0 atom stereocenters. The monoisotopic (exact) mass is 409 g/mol. The second kappa shape index (κ2) is 8.58. The van der Waals surface area contributed by atoms with Gasteiger partial charge in [0.05, 0.1) is 17.6 Å². The smallest absolute Gasteiger partial charge is 0.254 e. The maximum Gasteiger partial charge on any atom is 0.254 e. The molecule has 0 spiro atoms. The van der Waals surface area contributed by atoms with Crippen LogP contribution in [0.25, 0.3) is 11.0 Å². The van der Waals surface area contributed by atoms with Crippen LogP contribution in [-0.4, -0.2) is 26.9 Å². The van der Waals surface area contributed by atoms with Crippen LogP contribution in [0.15, 0.2) is 48.5 Å². The van der Waals surface area contributed by atoms with Gasteiger partial charge in [0.25, 0.3) is 5.91 Å². The van der Waals surface area contributed by atoms with E-state index in [1.54, 1.807) is 0 Å². The topological polar surface area (TPSA) is 38.1 Å². The molecule has 1 aliphatic carbocycles. The number of aromatic nitrogens is 2. The number of hydrogen-bond acceptors (Lipinski definition) is 2. The summed E-state index contributed by atoms with van der Waals surface area (Å²) in [6.07, 6.45) is 4.79. The lowest BCUT2D eigenvalue weighted by Crippen LogP contribution is -2.35. The zero-order valence-electron chi connectivity index (χ0n) is 17.1. The molecule has 29 heavy (non-hydrogen) atoms. The molecule has 0 N–H and O–H groups in total. The Morgan fingerprint density at radius 2 is 1.90 bits per heavy atom. The predicted octanol–water partition coefficient (Wildman–Crippen LogP) is 6.10. The van der Waals surface area contributed by atoms with Gasteiger partial charge in [0.2, 0.25) is 0 Å². The molecule has 0 radical (unpaired) electrons. The SMILES string of the molecule is CC(C)CN(Cc1nc2ccc(Cl)cc2n1C1CCCC1)C(=O)c1ccccc1. The average molecular weight is 410 g/mol. The van der Waals surface area contributed by atoms with Crippen LogP contribution in [0.3, 0.4) is 0 Å². The van der Waals surface area contributed by atoms with E-state index >= 15 is 0 Å². The molecule has 1 fully saturated rings. The maximum atomic E-state index is 13.3. The Morgan fingerprint density at radius 3 is 2.59 bits per heavy atom. The number of halogens is 1. The van der Waals surface area contributed by atoms with Crippen molar-refractivity contribution < 1.29 is 4.79 Å². The first kappa shape index (κ1) is 20.0. The minimum atomic E-state index is 0.0577. The molecule has 1 amide bonds. The van der Waals surface area contributed by atoms with Crippen molar-refractivity contribution in [1.82, 2.24) is 14.5 Å². The number of imidazole rings is 1.